The first-order valence-corrected chi connectivity index (χ1v) is 4.78. The average molecular weight is 203 g/mol. The van der Waals surface area contributed by atoms with Gasteiger partial charge in [-0.2, -0.15) is 0 Å². The van der Waals surface area contributed by atoms with E-state index in [4.69, 9.17) is 0 Å². The van der Waals surface area contributed by atoms with Crippen LogP contribution in [0.3, 0.4) is 0 Å². The lowest BCUT2D eigenvalue weighted by atomic mass is 10.2. The van der Waals surface area contributed by atoms with Crippen molar-refractivity contribution in [3.05, 3.63) is 31.0 Å². The van der Waals surface area contributed by atoms with E-state index in [1.807, 2.05) is 13.1 Å². The predicted octanol–water partition coefficient (Wildman–Crippen LogP) is 1.29. The van der Waals surface area contributed by atoms with E-state index in [2.05, 4.69) is 27.0 Å². The molecule has 0 amide bonds. The fraction of sp³-hybridized carbons (Fsp3) is 0.300. The van der Waals surface area contributed by atoms with Crippen molar-refractivity contribution >= 4 is 0 Å². The molecule has 2 aliphatic rings. The van der Waals surface area contributed by atoms with Crippen LogP contribution in [0.25, 0.3) is 11.5 Å². The van der Waals surface area contributed by atoms with Crippen molar-refractivity contribution in [1.82, 2.24) is 19.6 Å². The van der Waals surface area contributed by atoms with Gasteiger partial charge >= 0.3 is 0 Å². The average Bonchev–Trinajstić information content (AvgIpc) is 2.64. The minimum atomic E-state index is 0.674. The van der Waals surface area contributed by atoms with Gasteiger partial charge in [-0.05, 0) is 13.3 Å². The summed E-state index contributed by atoms with van der Waals surface area (Å²) >= 11 is 0. The molecular formula is C10H13N5. The van der Waals surface area contributed by atoms with Crippen molar-refractivity contribution in [2.24, 2.45) is 0 Å². The highest BCUT2D eigenvalue weighted by Gasteiger charge is 2.05. The zero-order valence-corrected chi connectivity index (χ0v) is 8.64. The molecule has 78 valence electrons. The third kappa shape index (κ3) is 2.31. The van der Waals surface area contributed by atoms with Crippen LogP contribution < -0.4 is 5.43 Å². The van der Waals surface area contributed by atoms with Gasteiger partial charge in [-0.25, -0.2) is 15.0 Å². The van der Waals surface area contributed by atoms with E-state index in [0.29, 0.717) is 5.82 Å². The van der Waals surface area contributed by atoms with Gasteiger partial charge < -0.3 is 5.43 Å². The Hall–Kier alpha value is -1.91. The maximum atomic E-state index is 4.14. The lowest BCUT2D eigenvalue weighted by molar-refractivity contribution is 0.790. The molecule has 0 atom stereocenters. The summed E-state index contributed by atoms with van der Waals surface area (Å²) in [6.45, 7) is 6.69. The molecule has 0 aliphatic carbocycles. The van der Waals surface area contributed by atoms with Crippen molar-refractivity contribution < 1.29 is 0 Å². The molecule has 0 aromatic heterocycles. The van der Waals surface area contributed by atoms with Crippen molar-refractivity contribution in [3.63, 3.8) is 0 Å². The summed E-state index contributed by atoms with van der Waals surface area (Å²) in [5.74, 6) is 0.674. The summed E-state index contributed by atoms with van der Waals surface area (Å²) in [5, 5.41) is 0. The molecule has 5 heteroatoms. The number of rotatable bonds is 4. The van der Waals surface area contributed by atoms with Gasteiger partial charge in [-0.15, -0.1) is 6.58 Å². The Labute approximate surface area is 88.2 Å². The molecule has 0 saturated heterocycles. The monoisotopic (exact) mass is 203 g/mol. The summed E-state index contributed by atoms with van der Waals surface area (Å²) in [7, 11) is 0. The first-order valence-electron chi connectivity index (χ1n) is 4.78. The zero-order valence-electron chi connectivity index (χ0n) is 8.64. The van der Waals surface area contributed by atoms with Gasteiger partial charge in [0.2, 0.25) is 0 Å². The smallest absolute Gasteiger partial charge is 0.182 e. The van der Waals surface area contributed by atoms with Crippen LogP contribution in [0.15, 0.2) is 31.0 Å². The molecule has 0 radical (unpaired) electrons. The second kappa shape index (κ2) is 4.08. The van der Waals surface area contributed by atoms with Crippen LogP contribution in [0.1, 0.15) is 13.3 Å². The first kappa shape index (κ1) is 9.64. The molecule has 2 aliphatic heterocycles. The standard InChI is InChI=1S/C10H13N5/c1-8(2)3-4-14-15-5-9-10(13-7-15)12-6-11-9/h5-7,14H,1,3-4H2,2H3. The highest BCUT2D eigenvalue weighted by Crippen LogP contribution is 2.10. The number of hydrogen-bond acceptors (Lipinski definition) is 4. The van der Waals surface area contributed by atoms with Crippen LogP contribution in [-0.4, -0.2) is 26.2 Å². The summed E-state index contributed by atoms with van der Waals surface area (Å²) in [6.07, 6.45) is 6.01. The molecule has 15 heavy (non-hydrogen) atoms. The Bertz CT molecular complexity index is 433. The third-order valence-corrected chi connectivity index (χ3v) is 2.02. The molecule has 0 bridgehead atoms. The topological polar surface area (TPSA) is 55.6 Å². The van der Waals surface area contributed by atoms with Gasteiger partial charge in [0, 0.05) is 6.54 Å². The zero-order chi connectivity index (χ0) is 10.7. The molecule has 0 fully saturated rings. The number of imidazole rings is 1. The van der Waals surface area contributed by atoms with Crippen molar-refractivity contribution in [1.29, 1.82) is 0 Å². The number of aromatic nitrogens is 4. The molecule has 0 saturated carbocycles. The van der Waals surface area contributed by atoms with Gasteiger partial charge in [-0.1, -0.05) is 5.57 Å². The number of fused-ring (bicyclic) bond motifs is 1. The van der Waals surface area contributed by atoms with Gasteiger partial charge in [0.05, 0.1) is 6.20 Å². The lowest BCUT2D eigenvalue weighted by Crippen LogP contribution is -2.17. The fourth-order valence-corrected chi connectivity index (χ4v) is 1.23. The first-order chi connectivity index (χ1) is 7.25. The Kier molecular flexibility index (Phi) is 2.62. The number of nitrogens with zero attached hydrogens (tertiary/aromatic N) is 4. The van der Waals surface area contributed by atoms with Gasteiger partial charge in [-0.3, -0.25) is 4.68 Å². The Balaban J connectivity index is 2.03. The van der Waals surface area contributed by atoms with E-state index < -0.39 is 0 Å². The van der Waals surface area contributed by atoms with Crippen LogP contribution in [0, 0.1) is 0 Å². The van der Waals surface area contributed by atoms with Gasteiger partial charge in [0.15, 0.2) is 5.82 Å². The Morgan fingerprint density at radius 3 is 3.13 bits per heavy atom. The number of hydrogen-bond donors (Lipinski definition) is 1. The van der Waals surface area contributed by atoms with Crippen LogP contribution in [0.5, 0.6) is 0 Å². The second-order valence-corrected chi connectivity index (χ2v) is 3.48. The minimum Gasteiger partial charge on any atom is -0.325 e. The molecule has 0 spiro atoms. The largest absolute Gasteiger partial charge is 0.325 e. The van der Waals surface area contributed by atoms with Crippen LogP contribution in [-0.2, 0) is 0 Å². The molecular weight excluding hydrogens is 190 g/mol. The van der Waals surface area contributed by atoms with Gasteiger partial charge in [0.25, 0.3) is 0 Å². The maximum Gasteiger partial charge on any atom is 0.182 e. The molecule has 5 nitrogen and oxygen atoms in total. The summed E-state index contributed by atoms with van der Waals surface area (Å²) in [6, 6.07) is 0. The minimum absolute atomic E-state index is 0.674. The predicted molar refractivity (Wildman–Crippen MR) is 58.1 cm³/mol. The highest BCUT2D eigenvalue weighted by atomic mass is 15.4. The molecule has 0 unspecified atom stereocenters. The van der Waals surface area contributed by atoms with Crippen LogP contribution >= 0.6 is 0 Å². The van der Waals surface area contributed by atoms with Crippen LogP contribution in [0.4, 0.5) is 0 Å². The Morgan fingerprint density at radius 2 is 2.33 bits per heavy atom. The fourth-order valence-electron chi connectivity index (χ4n) is 1.23. The van der Waals surface area contributed by atoms with E-state index in [-0.39, 0.29) is 0 Å². The quantitative estimate of drug-likeness (QED) is 0.761. The summed E-state index contributed by atoms with van der Waals surface area (Å²) in [4.78, 5) is 12.2. The summed E-state index contributed by atoms with van der Waals surface area (Å²) < 4.78 is 1.79. The third-order valence-electron chi connectivity index (χ3n) is 2.02. The molecule has 0 aromatic rings. The highest BCUT2D eigenvalue weighted by molar-refractivity contribution is 5.47. The maximum absolute atomic E-state index is 4.14. The normalized spacial score (nSPS) is 10.5. The SMILES string of the molecule is C=C(C)CCNn1cnc2ncnc-2c1. The van der Waals surface area contributed by atoms with Crippen LogP contribution in [0.2, 0.25) is 0 Å². The molecule has 2 heterocycles. The molecule has 1 N–H and O–H groups in total. The van der Waals surface area contributed by atoms with E-state index in [9.17, 15) is 0 Å². The van der Waals surface area contributed by atoms with E-state index in [1.165, 1.54) is 6.33 Å². The molecule has 0 aromatic carbocycles. The Morgan fingerprint density at radius 1 is 1.47 bits per heavy atom. The van der Waals surface area contributed by atoms with E-state index in [1.54, 1.807) is 11.0 Å². The van der Waals surface area contributed by atoms with E-state index >= 15 is 0 Å². The second-order valence-electron chi connectivity index (χ2n) is 3.48. The molecule has 2 rings (SSSR count). The van der Waals surface area contributed by atoms with E-state index in [0.717, 1.165) is 24.2 Å². The van der Waals surface area contributed by atoms with Crippen molar-refractivity contribution in [2.45, 2.75) is 13.3 Å². The number of nitrogens with one attached hydrogen (secondary N) is 1. The lowest BCUT2D eigenvalue weighted by Gasteiger charge is -2.09. The van der Waals surface area contributed by atoms with Crippen molar-refractivity contribution in [3.8, 4) is 11.5 Å². The van der Waals surface area contributed by atoms with Gasteiger partial charge in [0.1, 0.15) is 18.3 Å². The van der Waals surface area contributed by atoms with Crippen molar-refractivity contribution in [2.75, 3.05) is 12.0 Å². The summed E-state index contributed by atoms with van der Waals surface area (Å²) in [5.41, 5.74) is 5.13.